The largest absolute Gasteiger partial charge is 0.394 e. The molecule has 0 radical (unpaired) electrons. The number of hydrogen-bond donors (Lipinski definition) is 4. The molecule has 0 aromatic carbocycles. The SMILES string of the molecule is CCCCCCCCCCCCCC/C=C\CCCCCCCCCCCCC(O)CC(=O)NC(CO)C(O)/C=C/CCCCCCCCCCCCCCCC. The highest BCUT2D eigenvalue weighted by Gasteiger charge is 2.20. The minimum atomic E-state index is -0.927. The summed E-state index contributed by atoms with van der Waals surface area (Å²) in [5, 5.41) is 33.3. The monoisotopic (exact) mass is 804 g/mol. The fourth-order valence-corrected chi connectivity index (χ4v) is 8.04. The molecule has 0 aromatic rings. The minimum absolute atomic E-state index is 0.0151. The summed E-state index contributed by atoms with van der Waals surface area (Å²) >= 11 is 0. The molecule has 0 aliphatic rings. The highest BCUT2D eigenvalue weighted by atomic mass is 16.3. The van der Waals surface area contributed by atoms with Gasteiger partial charge in [0.2, 0.25) is 5.91 Å². The Hall–Kier alpha value is -1.17. The van der Waals surface area contributed by atoms with Crippen molar-refractivity contribution in [2.45, 2.75) is 295 Å². The van der Waals surface area contributed by atoms with Gasteiger partial charge in [-0.3, -0.25) is 4.79 Å². The van der Waals surface area contributed by atoms with Crippen molar-refractivity contribution in [1.82, 2.24) is 5.32 Å². The second-order valence-corrected chi connectivity index (χ2v) is 17.8. The second kappa shape index (κ2) is 47.5. The first-order valence-electron chi connectivity index (χ1n) is 25.6. The zero-order chi connectivity index (χ0) is 41.5. The van der Waals surface area contributed by atoms with Crippen LogP contribution in [0.15, 0.2) is 24.3 Å². The van der Waals surface area contributed by atoms with Crippen molar-refractivity contribution in [3.05, 3.63) is 24.3 Å². The first-order valence-corrected chi connectivity index (χ1v) is 25.6. The second-order valence-electron chi connectivity index (χ2n) is 17.8. The van der Waals surface area contributed by atoms with E-state index in [9.17, 15) is 20.1 Å². The standard InChI is InChI=1S/C52H101NO4/c1-3-5-7-9-11-13-15-17-19-21-22-23-24-25-26-27-28-29-30-31-33-35-37-39-41-43-45-49(55)47-52(57)53-50(48-54)51(56)46-44-42-40-38-36-34-32-20-18-16-14-12-10-8-6-4-2/h25-26,44,46,49-51,54-56H,3-24,27-43,45,47-48H2,1-2H3,(H,53,57)/b26-25-,46-44+. The number of unbranched alkanes of at least 4 members (excludes halogenated alkanes) is 36. The summed E-state index contributed by atoms with van der Waals surface area (Å²) in [4.78, 5) is 12.5. The van der Waals surface area contributed by atoms with E-state index >= 15 is 0 Å². The Morgan fingerprint density at radius 2 is 0.737 bits per heavy atom. The molecule has 0 spiro atoms. The Kier molecular flexibility index (Phi) is 46.5. The summed E-state index contributed by atoms with van der Waals surface area (Å²) in [7, 11) is 0. The van der Waals surface area contributed by atoms with Crippen LogP contribution < -0.4 is 5.32 Å². The van der Waals surface area contributed by atoms with Crippen LogP contribution in [0.4, 0.5) is 0 Å². The van der Waals surface area contributed by atoms with Crippen LogP contribution in [-0.2, 0) is 4.79 Å². The molecule has 57 heavy (non-hydrogen) atoms. The number of carbonyl (C=O) groups is 1. The van der Waals surface area contributed by atoms with Gasteiger partial charge in [0.1, 0.15) is 0 Å². The van der Waals surface area contributed by atoms with Gasteiger partial charge in [-0.25, -0.2) is 0 Å². The lowest BCUT2D eigenvalue weighted by Gasteiger charge is -2.21. The number of hydrogen-bond acceptors (Lipinski definition) is 4. The van der Waals surface area contributed by atoms with Crippen LogP contribution in [0.25, 0.3) is 0 Å². The maximum absolute atomic E-state index is 12.5. The van der Waals surface area contributed by atoms with Crippen LogP contribution in [0.3, 0.4) is 0 Å². The zero-order valence-electron chi connectivity index (χ0n) is 38.5. The van der Waals surface area contributed by atoms with Gasteiger partial charge in [-0.2, -0.15) is 0 Å². The Bertz CT molecular complexity index is 844. The van der Waals surface area contributed by atoms with Crippen LogP contribution in [0.5, 0.6) is 0 Å². The number of aliphatic hydroxyl groups excluding tert-OH is 3. The third kappa shape index (κ3) is 44.2. The molecule has 0 bridgehead atoms. The fourth-order valence-electron chi connectivity index (χ4n) is 8.04. The third-order valence-electron chi connectivity index (χ3n) is 12.0. The van der Waals surface area contributed by atoms with E-state index in [0.29, 0.717) is 6.42 Å². The van der Waals surface area contributed by atoms with E-state index in [1.165, 1.54) is 225 Å². The normalized spacial score (nSPS) is 13.6. The first-order chi connectivity index (χ1) is 28.0. The highest BCUT2D eigenvalue weighted by molar-refractivity contribution is 5.76. The van der Waals surface area contributed by atoms with Crippen LogP contribution in [0.2, 0.25) is 0 Å². The molecule has 5 nitrogen and oxygen atoms in total. The van der Waals surface area contributed by atoms with E-state index in [0.717, 1.165) is 25.7 Å². The minimum Gasteiger partial charge on any atom is -0.394 e. The molecule has 0 heterocycles. The number of rotatable bonds is 47. The molecular formula is C52H101NO4. The quantitative estimate of drug-likeness (QED) is 0.0364. The molecular weight excluding hydrogens is 703 g/mol. The Balaban J connectivity index is 3.57. The zero-order valence-corrected chi connectivity index (χ0v) is 38.5. The van der Waals surface area contributed by atoms with E-state index in [2.05, 4.69) is 31.3 Å². The van der Waals surface area contributed by atoms with Gasteiger partial charge in [0.25, 0.3) is 0 Å². The number of allylic oxidation sites excluding steroid dienone is 3. The van der Waals surface area contributed by atoms with Crippen molar-refractivity contribution in [2.75, 3.05) is 6.61 Å². The summed E-state index contributed by atoms with van der Waals surface area (Å²) in [6, 6.07) is -0.743. The summed E-state index contributed by atoms with van der Waals surface area (Å²) in [5.41, 5.74) is 0. The van der Waals surface area contributed by atoms with Gasteiger partial charge in [0.15, 0.2) is 0 Å². The van der Waals surface area contributed by atoms with E-state index in [-0.39, 0.29) is 18.9 Å². The van der Waals surface area contributed by atoms with Crippen molar-refractivity contribution in [3.8, 4) is 0 Å². The van der Waals surface area contributed by atoms with Crippen molar-refractivity contribution >= 4 is 5.91 Å². The molecule has 0 aliphatic carbocycles. The Labute approximate surface area is 356 Å². The first kappa shape index (κ1) is 55.8. The lowest BCUT2D eigenvalue weighted by Crippen LogP contribution is -2.45. The predicted molar refractivity (Wildman–Crippen MR) is 250 cm³/mol. The number of amides is 1. The fraction of sp³-hybridized carbons (Fsp3) is 0.904. The molecule has 0 aromatic heterocycles. The van der Waals surface area contributed by atoms with E-state index < -0.39 is 18.2 Å². The molecule has 5 heteroatoms. The van der Waals surface area contributed by atoms with Gasteiger partial charge >= 0.3 is 0 Å². The van der Waals surface area contributed by atoms with Crippen molar-refractivity contribution in [1.29, 1.82) is 0 Å². The van der Waals surface area contributed by atoms with Crippen LogP contribution >= 0.6 is 0 Å². The third-order valence-corrected chi connectivity index (χ3v) is 12.0. The van der Waals surface area contributed by atoms with Gasteiger partial charge in [-0.15, -0.1) is 0 Å². The lowest BCUT2D eigenvalue weighted by atomic mass is 10.0. The highest BCUT2D eigenvalue weighted by Crippen LogP contribution is 2.16. The van der Waals surface area contributed by atoms with Gasteiger partial charge in [0, 0.05) is 0 Å². The number of aliphatic hydroxyl groups is 3. The molecule has 3 unspecified atom stereocenters. The molecule has 0 rings (SSSR count). The average Bonchev–Trinajstić information content (AvgIpc) is 3.20. The summed E-state index contributed by atoms with van der Waals surface area (Å²) in [5.74, 6) is -0.313. The molecule has 0 aliphatic heterocycles. The smallest absolute Gasteiger partial charge is 0.222 e. The van der Waals surface area contributed by atoms with Crippen LogP contribution in [0.1, 0.15) is 277 Å². The molecule has 0 fully saturated rings. The Morgan fingerprint density at radius 3 is 1.07 bits per heavy atom. The van der Waals surface area contributed by atoms with E-state index in [1.54, 1.807) is 6.08 Å². The Morgan fingerprint density at radius 1 is 0.439 bits per heavy atom. The number of carbonyl (C=O) groups excluding carboxylic acids is 1. The van der Waals surface area contributed by atoms with Crippen LogP contribution in [-0.4, -0.2) is 46.1 Å². The molecule has 0 saturated carbocycles. The van der Waals surface area contributed by atoms with E-state index in [4.69, 9.17) is 0 Å². The van der Waals surface area contributed by atoms with E-state index in [1.807, 2.05) is 6.08 Å². The maximum atomic E-state index is 12.5. The van der Waals surface area contributed by atoms with Crippen molar-refractivity contribution in [2.24, 2.45) is 0 Å². The predicted octanol–water partition coefficient (Wildman–Crippen LogP) is 15.3. The van der Waals surface area contributed by atoms with Gasteiger partial charge in [-0.1, -0.05) is 250 Å². The number of nitrogens with one attached hydrogen (secondary N) is 1. The molecule has 3 atom stereocenters. The van der Waals surface area contributed by atoms with Crippen molar-refractivity contribution in [3.63, 3.8) is 0 Å². The molecule has 1 amide bonds. The van der Waals surface area contributed by atoms with Gasteiger partial charge in [-0.05, 0) is 44.9 Å². The molecule has 0 saturated heterocycles. The van der Waals surface area contributed by atoms with Crippen molar-refractivity contribution < 1.29 is 20.1 Å². The van der Waals surface area contributed by atoms with Gasteiger partial charge in [0.05, 0.1) is 31.3 Å². The average molecular weight is 804 g/mol. The van der Waals surface area contributed by atoms with Gasteiger partial charge < -0.3 is 20.6 Å². The summed E-state index contributed by atoms with van der Waals surface area (Å²) in [6.45, 7) is 4.24. The lowest BCUT2D eigenvalue weighted by molar-refractivity contribution is -0.124. The summed E-state index contributed by atoms with van der Waals surface area (Å²) < 4.78 is 0. The van der Waals surface area contributed by atoms with Crippen LogP contribution in [0, 0.1) is 0 Å². The molecule has 4 N–H and O–H groups in total. The summed E-state index contributed by atoms with van der Waals surface area (Å²) in [6.07, 6.45) is 59.2. The molecule has 338 valence electrons. The maximum Gasteiger partial charge on any atom is 0.222 e. The topological polar surface area (TPSA) is 89.8 Å².